The summed E-state index contributed by atoms with van der Waals surface area (Å²) in [6.07, 6.45) is 0.497. The largest absolute Gasteiger partial charge is 0.497 e. The minimum Gasteiger partial charge on any atom is -0.497 e. The number of methoxy groups -OCH3 is 1. The molecule has 0 spiro atoms. The zero-order chi connectivity index (χ0) is 13.5. The third kappa shape index (κ3) is 3.67. The highest BCUT2D eigenvalue weighted by Crippen LogP contribution is 2.22. The molecule has 2 N–H and O–H groups in total. The Morgan fingerprint density at radius 1 is 1.61 bits per heavy atom. The smallest absolute Gasteiger partial charge is 0.306 e. The van der Waals surface area contributed by atoms with Crippen LogP contribution < -0.4 is 10.1 Å². The van der Waals surface area contributed by atoms with Crippen molar-refractivity contribution < 1.29 is 14.6 Å². The van der Waals surface area contributed by atoms with Gasteiger partial charge in [-0.1, -0.05) is 6.92 Å². The number of nitriles is 1. The van der Waals surface area contributed by atoms with Crippen molar-refractivity contribution in [2.45, 2.75) is 13.3 Å². The maximum absolute atomic E-state index is 10.7. The van der Waals surface area contributed by atoms with E-state index in [9.17, 15) is 4.79 Å². The molecular weight excluding hydrogens is 232 g/mol. The van der Waals surface area contributed by atoms with E-state index in [-0.39, 0.29) is 0 Å². The van der Waals surface area contributed by atoms with E-state index in [2.05, 4.69) is 11.4 Å². The lowest BCUT2D eigenvalue weighted by Gasteiger charge is -2.11. The van der Waals surface area contributed by atoms with Crippen LogP contribution in [0, 0.1) is 17.2 Å². The number of carbonyl (C=O) groups is 1. The zero-order valence-electron chi connectivity index (χ0n) is 10.4. The van der Waals surface area contributed by atoms with Crippen LogP contribution in [0.2, 0.25) is 0 Å². The summed E-state index contributed by atoms with van der Waals surface area (Å²) < 4.78 is 5.08. The predicted molar refractivity (Wildman–Crippen MR) is 67.6 cm³/mol. The van der Waals surface area contributed by atoms with E-state index in [1.165, 1.54) is 0 Å². The number of nitrogens with one attached hydrogen (secondary N) is 1. The van der Waals surface area contributed by atoms with Gasteiger partial charge in [-0.15, -0.1) is 0 Å². The van der Waals surface area contributed by atoms with E-state index in [1.807, 2.05) is 0 Å². The van der Waals surface area contributed by atoms with Gasteiger partial charge in [-0.2, -0.15) is 5.26 Å². The highest BCUT2D eigenvalue weighted by molar-refractivity contribution is 5.69. The van der Waals surface area contributed by atoms with E-state index in [0.717, 1.165) is 0 Å². The lowest BCUT2D eigenvalue weighted by molar-refractivity contribution is -0.141. The molecule has 18 heavy (non-hydrogen) atoms. The number of carboxylic acid groups (broad SMARTS) is 1. The summed E-state index contributed by atoms with van der Waals surface area (Å²) >= 11 is 0. The number of rotatable bonds is 6. The Morgan fingerprint density at radius 3 is 2.89 bits per heavy atom. The fourth-order valence-corrected chi connectivity index (χ4v) is 1.44. The summed E-state index contributed by atoms with van der Waals surface area (Å²) in [7, 11) is 1.55. The van der Waals surface area contributed by atoms with Gasteiger partial charge in [-0.05, 0) is 18.6 Å². The molecule has 0 aliphatic rings. The van der Waals surface area contributed by atoms with Gasteiger partial charge in [-0.3, -0.25) is 4.79 Å². The average molecular weight is 248 g/mol. The number of anilines is 1. The summed E-state index contributed by atoms with van der Waals surface area (Å²) in [5.41, 5.74) is 1.17. The van der Waals surface area contributed by atoms with Crippen LogP contribution in [0.4, 0.5) is 5.69 Å². The van der Waals surface area contributed by atoms with Crippen molar-refractivity contribution >= 4 is 11.7 Å². The van der Waals surface area contributed by atoms with E-state index in [4.69, 9.17) is 15.1 Å². The molecule has 1 aromatic carbocycles. The molecule has 0 saturated carbocycles. The van der Waals surface area contributed by atoms with E-state index in [0.29, 0.717) is 30.0 Å². The molecule has 0 saturated heterocycles. The Kier molecular flexibility index (Phi) is 5.00. The molecule has 0 heterocycles. The fraction of sp³-hybridized carbons (Fsp3) is 0.385. The van der Waals surface area contributed by atoms with Crippen LogP contribution >= 0.6 is 0 Å². The number of ether oxygens (including phenoxy) is 1. The topological polar surface area (TPSA) is 82.3 Å². The van der Waals surface area contributed by atoms with Gasteiger partial charge in [0.25, 0.3) is 0 Å². The van der Waals surface area contributed by atoms with Gasteiger partial charge in [-0.25, -0.2) is 0 Å². The molecule has 0 aromatic heterocycles. The van der Waals surface area contributed by atoms with Gasteiger partial charge in [0.15, 0.2) is 0 Å². The summed E-state index contributed by atoms with van der Waals surface area (Å²) in [5, 5.41) is 20.8. The molecular formula is C13H16N2O3. The van der Waals surface area contributed by atoms with Crippen molar-refractivity contribution in [2.75, 3.05) is 19.0 Å². The van der Waals surface area contributed by atoms with Crippen molar-refractivity contribution in [3.63, 3.8) is 0 Å². The van der Waals surface area contributed by atoms with Crippen molar-refractivity contribution in [2.24, 2.45) is 5.92 Å². The summed E-state index contributed by atoms with van der Waals surface area (Å²) in [6.45, 7) is 2.15. The summed E-state index contributed by atoms with van der Waals surface area (Å²) in [4.78, 5) is 10.7. The van der Waals surface area contributed by atoms with Gasteiger partial charge in [0.2, 0.25) is 0 Å². The Balaban J connectivity index is 2.66. The first-order chi connectivity index (χ1) is 8.58. The molecule has 1 unspecified atom stereocenters. The van der Waals surface area contributed by atoms with E-state index in [1.54, 1.807) is 32.2 Å². The van der Waals surface area contributed by atoms with Crippen LogP contribution in [0.25, 0.3) is 0 Å². The maximum atomic E-state index is 10.7. The van der Waals surface area contributed by atoms with Gasteiger partial charge >= 0.3 is 5.97 Å². The lowest BCUT2D eigenvalue weighted by atomic mass is 10.1. The molecule has 1 atom stereocenters. The predicted octanol–water partition coefficient (Wildman–Crippen LogP) is 2.09. The summed E-state index contributed by atoms with van der Waals surface area (Å²) in [5.74, 6) is -0.570. The van der Waals surface area contributed by atoms with Gasteiger partial charge < -0.3 is 15.2 Å². The maximum Gasteiger partial charge on any atom is 0.306 e. The van der Waals surface area contributed by atoms with Crippen molar-refractivity contribution in [3.8, 4) is 11.8 Å². The normalized spacial score (nSPS) is 11.4. The van der Waals surface area contributed by atoms with Crippen LogP contribution in [0.1, 0.15) is 18.9 Å². The van der Waals surface area contributed by atoms with Gasteiger partial charge in [0, 0.05) is 12.6 Å². The number of carboxylic acids is 1. The van der Waals surface area contributed by atoms with Crippen molar-refractivity contribution in [1.82, 2.24) is 0 Å². The highest BCUT2D eigenvalue weighted by atomic mass is 16.5. The SMILES string of the molecule is COc1ccc(C#N)c(NCCC(C)C(=O)O)c1. The monoisotopic (exact) mass is 248 g/mol. The molecule has 0 amide bonds. The Hall–Kier alpha value is -2.22. The zero-order valence-corrected chi connectivity index (χ0v) is 10.4. The number of benzene rings is 1. The third-order valence-electron chi connectivity index (χ3n) is 2.66. The first-order valence-corrected chi connectivity index (χ1v) is 5.63. The number of hydrogen-bond donors (Lipinski definition) is 2. The average Bonchev–Trinajstić information content (AvgIpc) is 2.38. The molecule has 0 aliphatic carbocycles. The van der Waals surface area contributed by atoms with Crippen molar-refractivity contribution in [3.05, 3.63) is 23.8 Å². The second-order valence-electron chi connectivity index (χ2n) is 3.98. The number of aliphatic carboxylic acids is 1. The van der Waals surface area contributed by atoms with Crippen LogP contribution in [-0.2, 0) is 4.79 Å². The van der Waals surface area contributed by atoms with Crippen LogP contribution in [0.5, 0.6) is 5.75 Å². The third-order valence-corrected chi connectivity index (χ3v) is 2.66. The quantitative estimate of drug-likeness (QED) is 0.805. The summed E-state index contributed by atoms with van der Waals surface area (Å²) in [6, 6.07) is 7.18. The molecule has 0 radical (unpaired) electrons. The minimum atomic E-state index is -0.817. The first kappa shape index (κ1) is 13.8. The lowest BCUT2D eigenvalue weighted by Crippen LogP contribution is -2.14. The molecule has 5 heteroatoms. The molecule has 0 fully saturated rings. The first-order valence-electron chi connectivity index (χ1n) is 5.63. The van der Waals surface area contributed by atoms with Crippen LogP contribution in [-0.4, -0.2) is 24.7 Å². The van der Waals surface area contributed by atoms with Crippen molar-refractivity contribution in [1.29, 1.82) is 5.26 Å². The number of hydrogen-bond acceptors (Lipinski definition) is 4. The van der Waals surface area contributed by atoms with E-state index >= 15 is 0 Å². The second-order valence-corrected chi connectivity index (χ2v) is 3.98. The molecule has 1 rings (SSSR count). The Bertz CT molecular complexity index is 466. The van der Waals surface area contributed by atoms with Gasteiger partial charge in [0.05, 0.1) is 24.3 Å². The minimum absolute atomic E-state index is 0.409. The Labute approximate surface area is 106 Å². The molecule has 0 aliphatic heterocycles. The molecule has 0 bridgehead atoms. The van der Waals surface area contributed by atoms with Crippen LogP contribution in [0.3, 0.4) is 0 Å². The second kappa shape index (κ2) is 6.50. The van der Waals surface area contributed by atoms with Gasteiger partial charge in [0.1, 0.15) is 11.8 Å². The van der Waals surface area contributed by atoms with E-state index < -0.39 is 11.9 Å². The highest BCUT2D eigenvalue weighted by Gasteiger charge is 2.10. The Morgan fingerprint density at radius 2 is 2.33 bits per heavy atom. The number of nitrogens with zero attached hydrogens (tertiary/aromatic N) is 1. The standard InChI is InChI=1S/C13H16N2O3/c1-9(13(16)17)5-6-15-12-7-11(18-2)4-3-10(12)8-14/h3-4,7,9,15H,5-6H2,1-2H3,(H,16,17). The van der Waals surface area contributed by atoms with Crippen LogP contribution in [0.15, 0.2) is 18.2 Å². The molecule has 5 nitrogen and oxygen atoms in total. The molecule has 1 aromatic rings. The molecule has 96 valence electrons. The fourth-order valence-electron chi connectivity index (χ4n) is 1.44.